The highest BCUT2D eigenvalue weighted by atomic mass is 16.5. The Morgan fingerprint density at radius 1 is 1.38 bits per heavy atom. The minimum absolute atomic E-state index is 0.140. The molecule has 0 aliphatic heterocycles. The van der Waals surface area contributed by atoms with Gasteiger partial charge in [0.2, 0.25) is 0 Å². The van der Waals surface area contributed by atoms with Crippen molar-refractivity contribution in [2.24, 2.45) is 0 Å². The minimum Gasteiger partial charge on any atom is -0.466 e. The number of nitrogens with two attached hydrogens (primary N) is 1. The highest BCUT2D eigenvalue weighted by molar-refractivity contribution is 5.73. The zero-order valence-electron chi connectivity index (χ0n) is 14.1. The molecular weight excluding hydrogens is 304 g/mol. The summed E-state index contributed by atoms with van der Waals surface area (Å²) in [4.78, 5) is 18.6. The zero-order valence-corrected chi connectivity index (χ0v) is 14.1. The molecule has 0 spiro atoms. The quantitative estimate of drug-likeness (QED) is 0.564. The molecule has 0 fully saturated rings. The average molecular weight is 328 g/mol. The second kappa shape index (κ2) is 8.31. The van der Waals surface area contributed by atoms with Crippen LogP contribution in [0.25, 0.3) is 5.65 Å². The summed E-state index contributed by atoms with van der Waals surface area (Å²) < 4.78 is 7.00. The van der Waals surface area contributed by atoms with Crippen LogP contribution in [0.4, 0.5) is 5.69 Å². The highest BCUT2D eigenvalue weighted by Gasteiger charge is 2.18. The van der Waals surface area contributed by atoms with Crippen LogP contribution in [0.5, 0.6) is 0 Å². The van der Waals surface area contributed by atoms with Gasteiger partial charge in [0.05, 0.1) is 24.4 Å². The largest absolute Gasteiger partial charge is 0.466 e. The molecule has 0 saturated carbocycles. The lowest BCUT2D eigenvalue weighted by molar-refractivity contribution is -0.142. The Hall–Kier alpha value is -2.60. The van der Waals surface area contributed by atoms with E-state index in [1.165, 1.54) is 0 Å². The lowest BCUT2D eigenvalue weighted by atomic mass is 10.2. The van der Waals surface area contributed by atoms with Crippen molar-refractivity contribution < 1.29 is 9.53 Å². The van der Waals surface area contributed by atoms with E-state index < -0.39 is 0 Å². The van der Waals surface area contributed by atoms with Gasteiger partial charge in [0, 0.05) is 31.5 Å². The number of hydrogen-bond donors (Lipinski definition) is 1. The van der Waals surface area contributed by atoms with Crippen molar-refractivity contribution in [1.82, 2.24) is 14.3 Å². The van der Waals surface area contributed by atoms with Gasteiger partial charge in [-0.3, -0.25) is 9.69 Å². The number of anilines is 1. The van der Waals surface area contributed by atoms with Crippen LogP contribution >= 0.6 is 0 Å². The third-order valence-electron chi connectivity index (χ3n) is 3.59. The Morgan fingerprint density at radius 3 is 2.71 bits per heavy atom. The number of rotatable bonds is 9. The zero-order chi connectivity index (χ0) is 17.5. The molecule has 0 atom stereocenters. The maximum absolute atomic E-state index is 11.9. The molecule has 2 aromatic rings. The number of ether oxygens (including phenoxy) is 1. The molecule has 0 amide bonds. The number of fused-ring (bicyclic) bond motifs is 1. The van der Waals surface area contributed by atoms with Gasteiger partial charge in [-0.15, -0.1) is 13.2 Å². The van der Waals surface area contributed by atoms with Crippen molar-refractivity contribution in [2.45, 2.75) is 19.9 Å². The lowest BCUT2D eigenvalue weighted by Gasteiger charge is -2.19. The van der Waals surface area contributed by atoms with Gasteiger partial charge in [-0.05, 0) is 19.1 Å². The molecule has 2 rings (SSSR count). The first-order valence-electron chi connectivity index (χ1n) is 7.94. The molecule has 6 heteroatoms. The van der Waals surface area contributed by atoms with E-state index in [1.54, 1.807) is 13.0 Å². The monoisotopic (exact) mass is 328 g/mol. The minimum atomic E-state index is -0.283. The fraction of sp³-hybridized carbons (Fsp3) is 0.333. The third-order valence-corrected chi connectivity index (χ3v) is 3.59. The Balaban J connectivity index is 2.41. The molecule has 128 valence electrons. The van der Waals surface area contributed by atoms with Crippen LogP contribution in [-0.4, -0.2) is 40.0 Å². The first-order chi connectivity index (χ1) is 11.6. The van der Waals surface area contributed by atoms with Gasteiger partial charge in [0.15, 0.2) is 0 Å². The van der Waals surface area contributed by atoms with Gasteiger partial charge in [-0.25, -0.2) is 4.98 Å². The molecule has 0 unspecified atom stereocenters. The fourth-order valence-corrected chi connectivity index (χ4v) is 2.60. The van der Waals surface area contributed by atoms with E-state index in [0.717, 1.165) is 11.3 Å². The number of nitrogen functional groups attached to an aromatic ring is 1. The smallest absolute Gasteiger partial charge is 0.311 e. The van der Waals surface area contributed by atoms with E-state index in [-0.39, 0.29) is 12.4 Å². The van der Waals surface area contributed by atoms with E-state index in [9.17, 15) is 4.79 Å². The molecule has 2 N–H and O–H groups in total. The van der Waals surface area contributed by atoms with Crippen molar-refractivity contribution >= 4 is 17.3 Å². The van der Waals surface area contributed by atoms with Gasteiger partial charge in [-0.1, -0.05) is 12.2 Å². The molecule has 0 aliphatic carbocycles. The standard InChI is InChI=1S/C18H24N4O2/c1-4-9-21(10-5-2)13-16-15(11-18(23)24-6-3)20-17-8-7-14(19)12-22(16)17/h4-5,7-8,12H,1-2,6,9-11,13,19H2,3H3. The normalized spacial score (nSPS) is 10.9. The Bertz CT molecular complexity index is 726. The topological polar surface area (TPSA) is 72.9 Å². The third kappa shape index (κ3) is 4.23. The van der Waals surface area contributed by atoms with E-state index in [2.05, 4.69) is 23.0 Å². The maximum Gasteiger partial charge on any atom is 0.311 e. The number of pyridine rings is 1. The first kappa shape index (κ1) is 17.7. The molecule has 0 saturated heterocycles. The number of carbonyl (C=O) groups excluding carboxylic acids is 1. The van der Waals surface area contributed by atoms with Gasteiger partial charge in [0.25, 0.3) is 0 Å². The summed E-state index contributed by atoms with van der Waals surface area (Å²) in [6.45, 7) is 11.8. The van der Waals surface area contributed by atoms with Crippen molar-refractivity contribution in [3.8, 4) is 0 Å². The number of nitrogens with zero attached hydrogens (tertiary/aromatic N) is 3. The van der Waals surface area contributed by atoms with E-state index >= 15 is 0 Å². The van der Waals surface area contributed by atoms with Gasteiger partial charge >= 0.3 is 5.97 Å². The molecule has 0 aliphatic rings. The van der Waals surface area contributed by atoms with Crippen molar-refractivity contribution in [1.29, 1.82) is 0 Å². The number of hydrogen-bond acceptors (Lipinski definition) is 5. The summed E-state index contributed by atoms with van der Waals surface area (Å²) in [5.74, 6) is -0.283. The summed E-state index contributed by atoms with van der Waals surface area (Å²) in [5.41, 5.74) is 8.95. The predicted molar refractivity (Wildman–Crippen MR) is 95.6 cm³/mol. The van der Waals surface area contributed by atoms with Crippen LogP contribution in [0.3, 0.4) is 0 Å². The predicted octanol–water partition coefficient (Wildman–Crippen LogP) is 2.20. The van der Waals surface area contributed by atoms with Crippen molar-refractivity contribution in [2.75, 3.05) is 25.4 Å². The van der Waals surface area contributed by atoms with Crippen LogP contribution < -0.4 is 5.73 Å². The Kier molecular flexibility index (Phi) is 6.14. The summed E-state index contributed by atoms with van der Waals surface area (Å²) in [7, 11) is 0. The highest BCUT2D eigenvalue weighted by Crippen LogP contribution is 2.18. The lowest BCUT2D eigenvalue weighted by Crippen LogP contribution is -2.25. The average Bonchev–Trinajstić information content (AvgIpc) is 2.85. The number of carbonyl (C=O) groups is 1. The Morgan fingerprint density at radius 2 is 2.08 bits per heavy atom. The number of esters is 1. The molecule has 6 nitrogen and oxygen atoms in total. The molecule has 0 bridgehead atoms. The van der Waals surface area contributed by atoms with Crippen molar-refractivity contribution in [3.05, 3.63) is 55.0 Å². The van der Waals surface area contributed by atoms with Gasteiger partial charge in [-0.2, -0.15) is 0 Å². The van der Waals surface area contributed by atoms with Crippen LogP contribution in [-0.2, 0) is 22.5 Å². The SMILES string of the molecule is C=CCN(CC=C)Cc1c(CC(=O)OCC)nc2ccc(N)cn12. The van der Waals surface area contributed by atoms with Crippen LogP contribution in [0.1, 0.15) is 18.3 Å². The summed E-state index contributed by atoms with van der Waals surface area (Å²) >= 11 is 0. The molecule has 2 aromatic heterocycles. The maximum atomic E-state index is 11.9. The number of aromatic nitrogens is 2. The second-order valence-electron chi connectivity index (χ2n) is 5.45. The summed E-state index contributed by atoms with van der Waals surface area (Å²) in [6, 6.07) is 3.64. The first-order valence-corrected chi connectivity index (χ1v) is 7.94. The van der Waals surface area contributed by atoms with E-state index in [4.69, 9.17) is 10.5 Å². The van der Waals surface area contributed by atoms with Gasteiger partial charge < -0.3 is 14.9 Å². The van der Waals surface area contributed by atoms with Gasteiger partial charge in [0.1, 0.15) is 5.65 Å². The van der Waals surface area contributed by atoms with E-state index in [0.29, 0.717) is 37.6 Å². The Labute approximate surface area is 142 Å². The molecule has 24 heavy (non-hydrogen) atoms. The molecule has 0 radical (unpaired) electrons. The summed E-state index contributed by atoms with van der Waals surface area (Å²) in [5, 5.41) is 0. The van der Waals surface area contributed by atoms with Crippen molar-refractivity contribution in [3.63, 3.8) is 0 Å². The van der Waals surface area contributed by atoms with Crippen LogP contribution in [0.2, 0.25) is 0 Å². The molecule has 2 heterocycles. The molecular formula is C18H24N4O2. The summed E-state index contributed by atoms with van der Waals surface area (Å²) in [6.07, 6.45) is 5.64. The second-order valence-corrected chi connectivity index (χ2v) is 5.45. The number of imidazole rings is 1. The van der Waals surface area contributed by atoms with Crippen LogP contribution in [0.15, 0.2) is 43.6 Å². The molecule has 0 aromatic carbocycles. The fourth-order valence-electron chi connectivity index (χ4n) is 2.60. The van der Waals surface area contributed by atoms with E-state index in [1.807, 2.05) is 28.8 Å². The van der Waals surface area contributed by atoms with Crippen LogP contribution in [0, 0.1) is 0 Å².